The number of rotatable bonds is 61. The van der Waals surface area contributed by atoms with Gasteiger partial charge in [-0.3, -0.25) is 78.5 Å². The highest BCUT2D eigenvalue weighted by Crippen LogP contribution is 2.32. The van der Waals surface area contributed by atoms with Crippen molar-refractivity contribution in [2.75, 3.05) is 71.2 Å². The quantitative estimate of drug-likeness (QED) is 0.0115. The van der Waals surface area contributed by atoms with E-state index in [0.29, 0.717) is 48.2 Å². The summed E-state index contributed by atoms with van der Waals surface area (Å²) < 4.78 is 0. The van der Waals surface area contributed by atoms with Crippen LogP contribution in [0.4, 0.5) is 0 Å². The minimum atomic E-state index is -1.65. The number of aliphatic carboxylic acids is 1. The second-order valence-electron chi connectivity index (χ2n) is 31.7. The number of benzene rings is 3. The number of imidazole rings is 1. The van der Waals surface area contributed by atoms with Gasteiger partial charge in [-0.2, -0.15) is 12.6 Å². The first-order valence-corrected chi connectivity index (χ1v) is 44.3. The Bertz CT molecular complexity index is 4200. The number of carbonyl (C=O) groups is 13. The van der Waals surface area contributed by atoms with Gasteiger partial charge in [0.1, 0.15) is 48.8 Å². The largest absolute Gasteiger partial charge is 0.480 e. The Morgan fingerprint density at radius 1 is 0.552 bits per heavy atom. The highest BCUT2D eigenvalue weighted by molar-refractivity contribution is 7.80. The van der Waals surface area contributed by atoms with E-state index in [9.17, 15) is 57.8 Å². The van der Waals surface area contributed by atoms with Crippen LogP contribution in [0.2, 0.25) is 0 Å². The van der Waals surface area contributed by atoms with Gasteiger partial charge in [-0.25, -0.2) is 4.98 Å². The molecule has 3 heterocycles. The van der Waals surface area contributed by atoms with E-state index < -0.39 is 157 Å². The Kier molecular flexibility index (Phi) is 46.5. The minimum absolute atomic E-state index is 0.00453. The monoisotopic (exact) mass is 1760 g/mol. The maximum absolute atomic E-state index is 15.7. The van der Waals surface area contributed by atoms with Gasteiger partial charge in [0.05, 0.1) is 43.7 Å². The lowest BCUT2D eigenvalue weighted by molar-refractivity contribution is -0.141. The van der Waals surface area contributed by atoms with Gasteiger partial charge in [-0.1, -0.05) is 176 Å². The standard InChI is InChI=1S/C87H132N22O15S/c1-3-4-5-6-7-8-9-10-11-12-13-14-15-26-41-95-72(113)54-109(53-70(88)111)73(114)40-23-18-27-42-96-79(118)67(46-61-48-99-64-37-25-24-36-63(61)64)103-80(119)66(39-29-44-98-87(91)92)102-83(122)69(55-125)105-81(120)65(38-28-43-97-86(89)90)101-78(117)60-35-30-45-108(52-60)85(124)77(75(58-31-19-16-20-32-58)59-33-21-17-22-34-59)107-82(121)68(47-62-49-94-56-100-62)104-84(123)76(57(2)110)106-71(112)50-93-51-74(115)116/h16-17,19-22,24-25,31-34,36-37,48-49,56-57,60,65-69,75-77,93,99,110,125H,3-15,18,23,26-30,35,38-47,50-55H2,1-2H3,(H2,88,111)(H,94,100)(H,95,113)(H,96,118)(H,101,117)(H,102,122)(H,103,119)(H,104,123)(H,105,120)(H,106,112)(H,107,121)(H,115,116)(H4,89,90,97)(H4,91,92,98). The Morgan fingerprint density at radius 3 is 1.64 bits per heavy atom. The molecule has 6 rings (SSSR count). The van der Waals surface area contributed by atoms with Crippen molar-refractivity contribution in [2.24, 2.45) is 23.1 Å². The lowest BCUT2D eigenvalue weighted by Gasteiger charge is -2.38. The van der Waals surface area contributed by atoms with Crippen molar-refractivity contribution in [3.05, 3.63) is 126 Å². The van der Waals surface area contributed by atoms with Crippen LogP contribution in [-0.4, -0.2) is 243 Å². The van der Waals surface area contributed by atoms with Gasteiger partial charge in [0.15, 0.2) is 11.9 Å². The van der Waals surface area contributed by atoms with Crippen LogP contribution in [0.25, 0.3) is 10.9 Å². The number of nitrogens with one attached hydrogen (secondary N) is 16. The van der Waals surface area contributed by atoms with E-state index in [1.165, 1.54) is 88.6 Å². The fourth-order valence-electron chi connectivity index (χ4n) is 14.9. The Labute approximate surface area is 736 Å². The molecule has 1 saturated heterocycles. The molecule has 0 bridgehead atoms. The number of carbonyl (C=O) groups excluding carboxylic acids is 12. The summed E-state index contributed by atoms with van der Waals surface area (Å²) in [6.07, 6.45) is 21.3. The van der Waals surface area contributed by atoms with Crippen LogP contribution in [0, 0.1) is 16.7 Å². The summed E-state index contributed by atoms with van der Waals surface area (Å²) in [6, 6.07) is 14.9. The molecule has 1 fully saturated rings. The van der Waals surface area contributed by atoms with Gasteiger partial charge in [-0.15, -0.1) is 0 Å². The summed E-state index contributed by atoms with van der Waals surface area (Å²) in [5, 5.41) is 68.7. The zero-order valence-electron chi connectivity index (χ0n) is 72.0. The maximum atomic E-state index is 15.7. The maximum Gasteiger partial charge on any atom is 0.317 e. The third-order valence-electron chi connectivity index (χ3n) is 21.6. The van der Waals surface area contributed by atoms with E-state index in [0.717, 1.165) is 41.5 Å². The first-order valence-electron chi connectivity index (χ1n) is 43.7. The molecule has 0 saturated carbocycles. The van der Waals surface area contributed by atoms with E-state index in [1.54, 1.807) is 66.9 Å². The average molecular weight is 1760 g/mol. The van der Waals surface area contributed by atoms with Gasteiger partial charge in [0.25, 0.3) is 0 Å². The lowest BCUT2D eigenvalue weighted by atomic mass is 9.83. The average Bonchev–Trinajstić information content (AvgIpc) is 0.889. The van der Waals surface area contributed by atoms with Gasteiger partial charge < -0.3 is 106 Å². The van der Waals surface area contributed by atoms with Crippen molar-refractivity contribution in [3.8, 4) is 0 Å². The lowest BCUT2D eigenvalue weighted by Crippen LogP contribution is -2.61. The number of likely N-dealkylation sites (tertiary alicyclic amines) is 1. The van der Waals surface area contributed by atoms with Crippen molar-refractivity contribution < 1.29 is 72.5 Å². The van der Waals surface area contributed by atoms with Crippen LogP contribution in [0.3, 0.4) is 0 Å². The second kappa shape index (κ2) is 57.0. The van der Waals surface area contributed by atoms with Crippen LogP contribution in [0.15, 0.2) is 104 Å². The number of thiol groups is 1. The van der Waals surface area contributed by atoms with E-state index in [2.05, 4.69) is 98.3 Å². The number of H-pyrrole nitrogens is 2. The highest BCUT2D eigenvalue weighted by atomic mass is 32.1. The van der Waals surface area contributed by atoms with E-state index in [1.807, 2.05) is 24.3 Å². The number of piperidine rings is 1. The van der Waals surface area contributed by atoms with Crippen LogP contribution in [0.5, 0.6) is 0 Å². The van der Waals surface area contributed by atoms with Crippen LogP contribution in [0.1, 0.15) is 196 Å². The first-order chi connectivity index (χ1) is 60.2. The van der Waals surface area contributed by atoms with Gasteiger partial charge >= 0.3 is 5.97 Å². The molecular formula is C87H132N22O15S. The number of hydrogen-bond donors (Lipinski definition) is 22. The van der Waals surface area contributed by atoms with Crippen LogP contribution >= 0.6 is 12.6 Å². The number of carboxylic acids is 1. The number of unbranched alkanes of at least 4 members (excludes halogenated alkanes) is 15. The molecule has 0 spiro atoms. The van der Waals surface area contributed by atoms with Crippen molar-refractivity contribution in [1.82, 2.24) is 88.6 Å². The molecular weight excluding hydrogens is 1630 g/mol. The summed E-state index contributed by atoms with van der Waals surface area (Å²) in [6.45, 7) is 2.16. The fourth-order valence-corrected chi connectivity index (χ4v) is 15.2. The summed E-state index contributed by atoms with van der Waals surface area (Å²) in [7, 11) is 0. The van der Waals surface area contributed by atoms with Crippen molar-refractivity contribution in [1.29, 1.82) is 10.8 Å². The number of aromatic amines is 2. The van der Waals surface area contributed by atoms with Crippen molar-refractivity contribution in [3.63, 3.8) is 0 Å². The minimum Gasteiger partial charge on any atom is -0.480 e. The second-order valence-corrected chi connectivity index (χ2v) is 32.1. The molecule has 125 heavy (non-hydrogen) atoms. The number of nitrogens with two attached hydrogens (primary N) is 3. The summed E-state index contributed by atoms with van der Waals surface area (Å²) >= 11 is 4.46. The molecule has 5 aromatic rings. The number of aliphatic hydroxyl groups excluding tert-OH is 1. The normalized spacial score (nSPS) is 14.4. The third-order valence-corrected chi connectivity index (χ3v) is 22.0. The Morgan fingerprint density at radius 2 is 1.07 bits per heavy atom. The number of fused-ring (bicyclic) bond motifs is 1. The summed E-state index contributed by atoms with van der Waals surface area (Å²) in [4.78, 5) is 194. The Hall–Kier alpha value is -11.7. The SMILES string of the molecule is CCCCCCCCCCCCCCCCNC(=O)CN(CC(N)=O)C(=O)CCCCCNC(=O)C(Cc1c[nH]c2ccccc12)NC(=O)C(CCCNC(=N)N)NC(=O)C(CS)NC(=O)C(CCCNC(=N)N)NC(=O)C1CCCN(C(=O)C(NC(=O)C(Cc2c[nH]cn2)NC(=O)C(NC(=O)CNCC(=O)O)C(C)O)C(c2ccccc2)c2ccccc2)C1. The number of hydrogen-bond acceptors (Lipinski definition) is 19. The number of para-hydroxylation sites is 1. The van der Waals surface area contributed by atoms with Crippen LogP contribution in [-0.2, 0) is 75.2 Å². The number of aromatic nitrogens is 3. The molecule has 9 atom stereocenters. The predicted molar refractivity (Wildman–Crippen MR) is 477 cm³/mol. The number of aliphatic hydroxyl groups is 1. The zero-order chi connectivity index (χ0) is 90.8. The summed E-state index contributed by atoms with van der Waals surface area (Å²) in [5.74, 6) is -13.0. The molecule has 24 N–H and O–H groups in total. The van der Waals surface area contributed by atoms with Crippen molar-refractivity contribution in [2.45, 2.75) is 235 Å². The number of carboxylic acid groups (broad SMARTS) is 1. The van der Waals surface area contributed by atoms with E-state index in [4.69, 9.17) is 33.1 Å². The predicted octanol–water partition coefficient (Wildman–Crippen LogP) is 2.24. The molecule has 0 radical (unpaired) electrons. The molecule has 38 heteroatoms. The topological polar surface area (TPSA) is 583 Å². The molecule has 9 unspecified atom stereocenters. The third kappa shape index (κ3) is 38.1. The Balaban J connectivity index is 1.13. The van der Waals surface area contributed by atoms with Gasteiger partial charge in [-0.05, 0) is 87.5 Å². The molecule has 2 aromatic heterocycles. The fraction of sp³-hybridized carbons (Fsp3) is 0.563. The van der Waals surface area contributed by atoms with E-state index >= 15 is 9.59 Å². The highest BCUT2D eigenvalue weighted by Gasteiger charge is 2.42. The molecule has 1 aliphatic heterocycles. The van der Waals surface area contributed by atoms with Gasteiger partial charge in [0.2, 0.25) is 70.9 Å². The molecule has 3 aromatic carbocycles. The number of nitrogens with zero attached hydrogens (tertiary/aromatic N) is 3. The van der Waals surface area contributed by atoms with Gasteiger partial charge in [0, 0.05) is 93.5 Å². The van der Waals surface area contributed by atoms with Crippen LogP contribution < -0.4 is 81.0 Å². The molecule has 0 aliphatic carbocycles. The smallest absolute Gasteiger partial charge is 0.317 e. The molecule has 12 amide bonds. The van der Waals surface area contributed by atoms with E-state index in [-0.39, 0.29) is 115 Å². The molecule has 686 valence electrons. The van der Waals surface area contributed by atoms with Crippen molar-refractivity contribution >= 4 is 112 Å². The first kappa shape index (κ1) is 102. The summed E-state index contributed by atoms with van der Waals surface area (Å²) in [5.41, 5.74) is 19.6. The number of amides is 12. The number of primary amides is 1. The molecule has 1 aliphatic rings. The molecule has 37 nitrogen and oxygen atoms in total. The zero-order valence-corrected chi connectivity index (χ0v) is 72.9. The number of guanidine groups is 2.